The number of carbonyl (C=O) groups is 2. The Hall–Kier alpha value is -2.43. The lowest BCUT2D eigenvalue weighted by Crippen LogP contribution is -2.52. The van der Waals surface area contributed by atoms with Crippen LogP contribution in [0.4, 0.5) is 5.69 Å². The van der Waals surface area contributed by atoms with Crippen molar-refractivity contribution in [2.24, 2.45) is 5.92 Å². The highest BCUT2D eigenvalue weighted by Crippen LogP contribution is 2.24. The third kappa shape index (κ3) is 5.34. The van der Waals surface area contributed by atoms with E-state index in [0.717, 1.165) is 31.6 Å². The van der Waals surface area contributed by atoms with Crippen molar-refractivity contribution in [1.29, 1.82) is 5.26 Å². The van der Waals surface area contributed by atoms with Crippen LogP contribution in [0.15, 0.2) is 30.3 Å². The highest BCUT2D eigenvalue weighted by atomic mass is 16.5. The van der Waals surface area contributed by atoms with E-state index >= 15 is 0 Å². The van der Waals surface area contributed by atoms with Gasteiger partial charge in [0.15, 0.2) is 0 Å². The number of amides is 2. The Labute approximate surface area is 172 Å². The van der Waals surface area contributed by atoms with E-state index in [-0.39, 0.29) is 23.8 Å². The number of ether oxygens (including phenoxy) is 1. The van der Waals surface area contributed by atoms with E-state index < -0.39 is 0 Å². The molecule has 156 valence electrons. The molecular weight excluding hydrogens is 368 g/mol. The molecule has 1 unspecified atom stereocenters. The van der Waals surface area contributed by atoms with Crippen LogP contribution in [0, 0.1) is 17.2 Å². The van der Waals surface area contributed by atoms with Gasteiger partial charge in [0.05, 0.1) is 31.7 Å². The summed E-state index contributed by atoms with van der Waals surface area (Å²) in [6.45, 7) is 6.37. The van der Waals surface area contributed by atoms with E-state index in [1.54, 1.807) is 4.90 Å². The van der Waals surface area contributed by atoms with Crippen LogP contribution < -0.4 is 4.90 Å². The maximum Gasteiger partial charge on any atom is 0.244 e. The first-order valence-corrected chi connectivity index (χ1v) is 10.5. The summed E-state index contributed by atoms with van der Waals surface area (Å²) in [6, 6.07) is 11.4. The Morgan fingerprint density at radius 1 is 1.17 bits per heavy atom. The van der Waals surface area contributed by atoms with Gasteiger partial charge in [-0.05, 0) is 45.0 Å². The molecular formula is C22H30N4O3. The van der Waals surface area contributed by atoms with Gasteiger partial charge in [0, 0.05) is 31.2 Å². The Kier molecular flexibility index (Phi) is 7.62. The van der Waals surface area contributed by atoms with Crippen LogP contribution in [-0.2, 0) is 14.3 Å². The highest BCUT2D eigenvalue weighted by Gasteiger charge is 2.33. The lowest BCUT2D eigenvalue weighted by molar-refractivity contribution is -0.141. The third-order valence-corrected chi connectivity index (χ3v) is 5.89. The van der Waals surface area contributed by atoms with E-state index in [2.05, 4.69) is 11.0 Å². The Bertz CT molecular complexity index is 719. The maximum absolute atomic E-state index is 13.2. The number of para-hydroxylation sites is 1. The summed E-state index contributed by atoms with van der Waals surface area (Å²) in [5, 5.41) is 8.98. The first kappa shape index (κ1) is 21.3. The van der Waals surface area contributed by atoms with Gasteiger partial charge >= 0.3 is 0 Å². The van der Waals surface area contributed by atoms with Crippen LogP contribution in [0.1, 0.15) is 26.2 Å². The zero-order valence-corrected chi connectivity index (χ0v) is 17.1. The molecule has 0 radical (unpaired) electrons. The minimum Gasteiger partial charge on any atom is -0.378 e. The lowest BCUT2D eigenvalue weighted by atomic mass is 9.94. The molecule has 1 atom stereocenters. The normalized spacial score (nSPS) is 19.4. The summed E-state index contributed by atoms with van der Waals surface area (Å²) in [4.78, 5) is 31.7. The molecule has 7 nitrogen and oxygen atoms in total. The zero-order chi connectivity index (χ0) is 20.6. The van der Waals surface area contributed by atoms with Crippen LogP contribution in [-0.4, -0.2) is 73.6 Å². The molecule has 1 aromatic carbocycles. The number of piperidine rings is 1. The molecule has 0 aliphatic carbocycles. The highest BCUT2D eigenvalue weighted by molar-refractivity contribution is 5.97. The number of nitriles is 1. The number of likely N-dealkylation sites (tertiary alicyclic amines) is 1. The molecule has 2 aliphatic heterocycles. The molecule has 0 aromatic heterocycles. The minimum atomic E-state index is -0.284. The number of rotatable bonds is 6. The zero-order valence-electron chi connectivity index (χ0n) is 17.1. The van der Waals surface area contributed by atoms with E-state index in [1.165, 1.54) is 0 Å². The molecule has 2 aliphatic rings. The summed E-state index contributed by atoms with van der Waals surface area (Å²) in [5.74, 6) is 0.270. The second-order valence-electron chi connectivity index (χ2n) is 7.66. The fraction of sp³-hybridized carbons (Fsp3) is 0.591. The van der Waals surface area contributed by atoms with Crippen LogP contribution in [0.5, 0.6) is 0 Å². The molecule has 0 N–H and O–H groups in total. The minimum absolute atomic E-state index is 0.00408. The number of hydrogen-bond acceptors (Lipinski definition) is 5. The average Bonchev–Trinajstić information content (AvgIpc) is 2.79. The van der Waals surface area contributed by atoms with Crippen molar-refractivity contribution in [3.63, 3.8) is 0 Å². The van der Waals surface area contributed by atoms with Gasteiger partial charge in [-0.15, -0.1) is 0 Å². The van der Waals surface area contributed by atoms with Crippen molar-refractivity contribution in [3.05, 3.63) is 30.3 Å². The third-order valence-electron chi connectivity index (χ3n) is 5.89. The predicted octanol–water partition coefficient (Wildman–Crippen LogP) is 1.89. The molecule has 2 heterocycles. The fourth-order valence-electron chi connectivity index (χ4n) is 4.09. The van der Waals surface area contributed by atoms with Gasteiger partial charge in [0.25, 0.3) is 0 Å². The van der Waals surface area contributed by atoms with Crippen molar-refractivity contribution in [2.45, 2.75) is 32.2 Å². The molecule has 0 saturated carbocycles. The van der Waals surface area contributed by atoms with Gasteiger partial charge in [0.2, 0.25) is 11.8 Å². The quantitative estimate of drug-likeness (QED) is 0.731. The van der Waals surface area contributed by atoms with Crippen molar-refractivity contribution >= 4 is 17.5 Å². The summed E-state index contributed by atoms with van der Waals surface area (Å²) in [6.07, 6.45) is 1.85. The number of nitrogens with zero attached hydrogens (tertiary/aromatic N) is 4. The number of morpholine rings is 1. The molecule has 0 bridgehead atoms. The molecule has 29 heavy (non-hydrogen) atoms. The topological polar surface area (TPSA) is 76.9 Å². The molecule has 3 rings (SSSR count). The summed E-state index contributed by atoms with van der Waals surface area (Å²) < 4.78 is 5.33. The van der Waals surface area contributed by atoms with Crippen molar-refractivity contribution in [1.82, 2.24) is 9.80 Å². The van der Waals surface area contributed by atoms with Crippen LogP contribution in [0.3, 0.4) is 0 Å². The Morgan fingerprint density at radius 2 is 1.83 bits per heavy atom. The van der Waals surface area contributed by atoms with E-state index in [9.17, 15) is 9.59 Å². The molecule has 0 spiro atoms. The van der Waals surface area contributed by atoms with E-state index in [4.69, 9.17) is 10.00 Å². The van der Waals surface area contributed by atoms with Gasteiger partial charge < -0.3 is 14.5 Å². The van der Waals surface area contributed by atoms with Gasteiger partial charge in [-0.2, -0.15) is 5.26 Å². The number of carbonyl (C=O) groups excluding carboxylic acids is 2. The van der Waals surface area contributed by atoms with Gasteiger partial charge in [-0.25, -0.2) is 0 Å². The molecule has 7 heteroatoms. The van der Waals surface area contributed by atoms with Crippen LogP contribution in [0.2, 0.25) is 0 Å². The van der Waals surface area contributed by atoms with Crippen molar-refractivity contribution in [3.8, 4) is 6.07 Å². The molecule has 2 fully saturated rings. The lowest BCUT2D eigenvalue weighted by Gasteiger charge is -2.38. The maximum atomic E-state index is 13.2. The van der Waals surface area contributed by atoms with Crippen LogP contribution in [0.25, 0.3) is 0 Å². The van der Waals surface area contributed by atoms with Crippen molar-refractivity contribution in [2.75, 3.05) is 50.8 Å². The number of anilines is 1. The van der Waals surface area contributed by atoms with Gasteiger partial charge in [-0.1, -0.05) is 18.2 Å². The molecule has 2 amide bonds. The second-order valence-corrected chi connectivity index (χ2v) is 7.66. The molecule has 1 aromatic rings. The van der Waals surface area contributed by atoms with E-state index in [1.807, 2.05) is 42.2 Å². The monoisotopic (exact) mass is 398 g/mol. The van der Waals surface area contributed by atoms with Crippen LogP contribution >= 0.6 is 0 Å². The Balaban J connectivity index is 1.58. The largest absolute Gasteiger partial charge is 0.378 e. The van der Waals surface area contributed by atoms with Gasteiger partial charge in [0.1, 0.15) is 0 Å². The first-order valence-electron chi connectivity index (χ1n) is 10.5. The number of benzene rings is 1. The standard InChI is InChI=1S/C22H30N4O3/c1-18(21(27)26(11-5-10-23)20-6-3-2-4-7-20)24-12-8-19(9-13-24)22(28)25-14-16-29-17-15-25/h2-4,6-7,18-19H,5,8-9,11-17H2,1H3. The summed E-state index contributed by atoms with van der Waals surface area (Å²) in [7, 11) is 0. The predicted molar refractivity (Wildman–Crippen MR) is 110 cm³/mol. The summed E-state index contributed by atoms with van der Waals surface area (Å²) in [5.41, 5.74) is 0.817. The SMILES string of the molecule is CC(C(=O)N(CCC#N)c1ccccc1)N1CCC(C(=O)N2CCOCC2)CC1. The Morgan fingerprint density at radius 3 is 2.45 bits per heavy atom. The van der Waals surface area contributed by atoms with Crippen molar-refractivity contribution < 1.29 is 14.3 Å². The molecule has 2 saturated heterocycles. The van der Waals surface area contributed by atoms with Gasteiger partial charge in [-0.3, -0.25) is 14.5 Å². The summed E-state index contributed by atoms with van der Waals surface area (Å²) >= 11 is 0. The second kappa shape index (κ2) is 10.4. The average molecular weight is 399 g/mol. The fourth-order valence-corrected chi connectivity index (χ4v) is 4.09. The first-order chi connectivity index (χ1) is 14.1. The smallest absolute Gasteiger partial charge is 0.244 e. The number of hydrogen-bond donors (Lipinski definition) is 0. The van der Waals surface area contributed by atoms with E-state index in [0.29, 0.717) is 39.3 Å².